The second-order valence-corrected chi connectivity index (χ2v) is 6.23. The number of alkyl halides is 2. The van der Waals surface area contributed by atoms with Gasteiger partial charge in [-0.1, -0.05) is 18.2 Å². The average Bonchev–Trinajstić information content (AvgIpc) is 2.85. The van der Waals surface area contributed by atoms with Gasteiger partial charge in [0.1, 0.15) is 11.4 Å². The number of nitrogens with zero attached hydrogens (tertiary/aromatic N) is 1. The van der Waals surface area contributed by atoms with Crippen molar-refractivity contribution in [1.29, 1.82) is 0 Å². The Morgan fingerprint density at radius 2 is 1.81 bits per heavy atom. The number of nitrogens with one attached hydrogen (secondary N) is 1. The molecule has 1 N–H and O–H groups in total. The van der Waals surface area contributed by atoms with Crippen LogP contribution < -0.4 is 15.0 Å². The summed E-state index contributed by atoms with van der Waals surface area (Å²) in [5, 5.41) is 3.19. The molecule has 0 aliphatic carbocycles. The Morgan fingerprint density at radius 3 is 2.42 bits per heavy atom. The first kappa shape index (κ1) is 18.0. The number of aryl methyl sites for hydroxylation is 2. The predicted molar refractivity (Wildman–Crippen MR) is 100 cm³/mol. The van der Waals surface area contributed by atoms with Crippen LogP contribution in [0, 0.1) is 13.8 Å². The van der Waals surface area contributed by atoms with E-state index in [9.17, 15) is 13.6 Å². The van der Waals surface area contributed by atoms with E-state index in [0.717, 1.165) is 11.1 Å². The molecule has 1 aliphatic rings. The maximum absolute atomic E-state index is 12.7. The Kier molecular flexibility index (Phi) is 4.99. The fraction of sp³-hybridized carbons (Fsp3) is 0.158. The molecule has 0 aromatic heterocycles. The molecule has 2 aromatic carbocycles. The fourth-order valence-corrected chi connectivity index (χ4v) is 2.84. The van der Waals surface area contributed by atoms with E-state index in [2.05, 4.69) is 10.1 Å². The van der Waals surface area contributed by atoms with Crippen molar-refractivity contribution < 1.29 is 18.3 Å². The number of anilines is 1. The smallest absolute Gasteiger partial charge is 0.387 e. The minimum absolute atomic E-state index is 0.0557. The van der Waals surface area contributed by atoms with Gasteiger partial charge in [0.15, 0.2) is 5.11 Å². The molecule has 0 saturated carbocycles. The largest absolute Gasteiger partial charge is 0.435 e. The SMILES string of the molecule is Cc1ccc(N2C(=O)/C(=C\c3ccc(OC(F)F)cc3)NC2=S)cc1C. The van der Waals surface area contributed by atoms with E-state index in [1.807, 2.05) is 32.0 Å². The second kappa shape index (κ2) is 7.21. The number of thiocarbonyl (C=S) groups is 1. The van der Waals surface area contributed by atoms with E-state index < -0.39 is 6.61 Å². The maximum Gasteiger partial charge on any atom is 0.387 e. The number of halogens is 2. The van der Waals surface area contributed by atoms with Crippen molar-refractivity contribution in [1.82, 2.24) is 5.32 Å². The van der Waals surface area contributed by atoms with E-state index >= 15 is 0 Å². The van der Waals surface area contributed by atoms with Gasteiger partial charge in [0.25, 0.3) is 5.91 Å². The molecule has 26 heavy (non-hydrogen) atoms. The third-order valence-electron chi connectivity index (χ3n) is 4.04. The zero-order valence-corrected chi connectivity index (χ0v) is 14.9. The molecule has 1 amide bonds. The molecule has 1 heterocycles. The van der Waals surface area contributed by atoms with Crippen molar-refractivity contribution in [3.05, 3.63) is 64.9 Å². The summed E-state index contributed by atoms with van der Waals surface area (Å²) >= 11 is 5.29. The Morgan fingerprint density at radius 1 is 1.12 bits per heavy atom. The van der Waals surface area contributed by atoms with Gasteiger partial charge in [0.2, 0.25) is 0 Å². The minimum atomic E-state index is -2.87. The van der Waals surface area contributed by atoms with Crippen molar-refractivity contribution in [3.8, 4) is 5.75 Å². The molecule has 3 rings (SSSR count). The van der Waals surface area contributed by atoms with Gasteiger partial charge in [-0.05, 0) is 73.1 Å². The molecule has 1 aliphatic heterocycles. The normalized spacial score (nSPS) is 15.7. The van der Waals surface area contributed by atoms with Crippen LogP contribution in [0.1, 0.15) is 16.7 Å². The number of amides is 1. The summed E-state index contributed by atoms with van der Waals surface area (Å²) in [6.45, 7) is 1.09. The number of rotatable bonds is 4. The minimum Gasteiger partial charge on any atom is -0.435 e. The van der Waals surface area contributed by atoms with Crippen molar-refractivity contribution >= 4 is 35.0 Å². The van der Waals surface area contributed by atoms with Crippen LogP contribution in [0.15, 0.2) is 48.2 Å². The van der Waals surface area contributed by atoms with E-state index in [4.69, 9.17) is 12.2 Å². The molecular weight excluding hydrogens is 358 g/mol. The summed E-state index contributed by atoms with van der Waals surface area (Å²) in [4.78, 5) is 14.1. The van der Waals surface area contributed by atoms with Crippen molar-refractivity contribution in [2.24, 2.45) is 0 Å². The highest BCUT2D eigenvalue weighted by atomic mass is 32.1. The molecule has 1 saturated heterocycles. The van der Waals surface area contributed by atoms with Crippen LogP contribution in [-0.4, -0.2) is 17.6 Å². The Balaban J connectivity index is 1.83. The molecule has 0 unspecified atom stereocenters. The van der Waals surface area contributed by atoms with Crippen LogP contribution in [0.25, 0.3) is 6.08 Å². The highest BCUT2D eigenvalue weighted by Crippen LogP contribution is 2.25. The van der Waals surface area contributed by atoms with Gasteiger partial charge in [-0.3, -0.25) is 9.69 Å². The van der Waals surface area contributed by atoms with Gasteiger partial charge < -0.3 is 10.1 Å². The van der Waals surface area contributed by atoms with E-state index in [0.29, 0.717) is 22.1 Å². The average molecular weight is 374 g/mol. The molecule has 0 bridgehead atoms. The molecule has 1 fully saturated rings. The maximum atomic E-state index is 12.7. The van der Waals surface area contributed by atoms with Crippen LogP contribution in [0.5, 0.6) is 5.75 Å². The molecule has 0 spiro atoms. The van der Waals surface area contributed by atoms with Crippen LogP contribution in [0.4, 0.5) is 14.5 Å². The molecule has 0 radical (unpaired) electrons. The molecule has 2 aromatic rings. The van der Waals surface area contributed by atoms with Crippen molar-refractivity contribution in [2.45, 2.75) is 20.5 Å². The van der Waals surface area contributed by atoms with E-state index in [1.54, 1.807) is 18.2 Å². The van der Waals surface area contributed by atoms with Crippen molar-refractivity contribution in [2.75, 3.05) is 4.90 Å². The summed E-state index contributed by atoms with van der Waals surface area (Å²) < 4.78 is 28.7. The highest BCUT2D eigenvalue weighted by molar-refractivity contribution is 7.80. The lowest BCUT2D eigenvalue weighted by Crippen LogP contribution is -2.30. The van der Waals surface area contributed by atoms with Crippen LogP contribution in [0.2, 0.25) is 0 Å². The molecular formula is C19H16F2N2O2S. The highest BCUT2D eigenvalue weighted by Gasteiger charge is 2.32. The first-order valence-electron chi connectivity index (χ1n) is 7.84. The summed E-state index contributed by atoms with van der Waals surface area (Å²) in [6, 6.07) is 11.7. The zero-order valence-electron chi connectivity index (χ0n) is 14.1. The van der Waals surface area contributed by atoms with Gasteiger partial charge in [-0.15, -0.1) is 0 Å². The number of hydrogen-bond acceptors (Lipinski definition) is 3. The third-order valence-corrected chi connectivity index (χ3v) is 4.33. The number of hydrogen-bond donors (Lipinski definition) is 1. The Bertz CT molecular complexity index is 895. The quantitative estimate of drug-likeness (QED) is 0.644. The standard InChI is InChI=1S/C19H16F2N2O2S/c1-11-3-6-14(9-12(11)2)23-17(24)16(22-19(23)26)10-13-4-7-15(8-5-13)25-18(20)21/h3-10,18H,1-2H3,(H,22,26)/b16-10+. The summed E-state index contributed by atoms with van der Waals surface area (Å²) in [6.07, 6.45) is 1.61. The number of ether oxygens (including phenoxy) is 1. The lowest BCUT2D eigenvalue weighted by molar-refractivity contribution is -0.113. The van der Waals surface area contributed by atoms with Gasteiger partial charge in [0, 0.05) is 0 Å². The van der Waals surface area contributed by atoms with E-state index in [-0.39, 0.29) is 11.7 Å². The molecule has 7 heteroatoms. The summed E-state index contributed by atoms with van der Waals surface area (Å²) in [5.41, 5.74) is 3.86. The lowest BCUT2D eigenvalue weighted by atomic mass is 10.1. The lowest BCUT2D eigenvalue weighted by Gasteiger charge is -2.15. The van der Waals surface area contributed by atoms with Crippen molar-refractivity contribution in [3.63, 3.8) is 0 Å². The van der Waals surface area contributed by atoms with Crippen LogP contribution >= 0.6 is 12.2 Å². The molecule has 0 atom stereocenters. The second-order valence-electron chi connectivity index (χ2n) is 5.84. The van der Waals surface area contributed by atoms with Gasteiger partial charge in [-0.2, -0.15) is 8.78 Å². The van der Waals surface area contributed by atoms with Crippen LogP contribution in [0.3, 0.4) is 0 Å². The fourth-order valence-electron chi connectivity index (χ4n) is 2.55. The topological polar surface area (TPSA) is 41.6 Å². The monoisotopic (exact) mass is 374 g/mol. The molecule has 4 nitrogen and oxygen atoms in total. The van der Waals surface area contributed by atoms with Gasteiger partial charge in [-0.25, -0.2) is 0 Å². The number of benzene rings is 2. The van der Waals surface area contributed by atoms with E-state index in [1.165, 1.54) is 17.0 Å². The number of carbonyl (C=O) groups excluding carboxylic acids is 1. The summed E-state index contributed by atoms with van der Waals surface area (Å²) in [5.74, 6) is -0.216. The van der Waals surface area contributed by atoms with Gasteiger partial charge in [0.05, 0.1) is 5.69 Å². The third kappa shape index (κ3) is 3.72. The number of carbonyl (C=O) groups is 1. The first-order chi connectivity index (χ1) is 12.3. The zero-order chi connectivity index (χ0) is 18.8. The molecule has 134 valence electrons. The first-order valence-corrected chi connectivity index (χ1v) is 8.25. The van der Waals surface area contributed by atoms with Gasteiger partial charge >= 0.3 is 6.61 Å². The summed E-state index contributed by atoms with van der Waals surface area (Å²) in [7, 11) is 0. The Labute approximate surface area is 155 Å². The van der Waals surface area contributed by atoms with Crippen LogP contribution in [-0.2, 0) is 4.79 Å². The predicted octanol–water partition coefficient (Wildman–Crippen LogP) is 4.17. The Hall–Kier alpha value is -2.80.